The molecule has 13 nitrogen and oxygen atoms in total. The summed E-state index contributed by atoms with van der Waals surface area (Å²) in [5.41, 5.74) is 0. The average Bonchev–Trinajstić information content (AvgIpc) is 2.40. The number of aliphatic carboxylic acids is 4. The first-order valence-corrected chi connectivity index (χ1v) is 6.21. The normalized spacial score (nSPS) is 12.6. The van der Waals surface area contributed by atoms with E-state index in [0.717, 1.165) is 0 Å². The van der Waals surface area contributed by atoms with E-state index < -0.39 is 48.3 Å². The Morgan fingerprint density at radius 1 is 0.500 bits per heavy atom. The fourth-order valence-corrected chi connectivity index (χ4v) is 0. The number of carbonyl (C=O) groups is 4. The molecule has 0 heterocycles. The van der Waals surface area contributed by atoms with Gasteiger partial charge in [-0.05, 0) is 27.7 Å². The molecule has 26 heavy (non-hydrogen) atoms. The van der Waals surface area contributed by atoms with Crippen molar-refractivity contribution in [3.63, 3.8) is 0 Å². The van der Waals surface area contributed by atoms with Crippen molar-refractivity contribution in [2.75, 3.05) is 0 Å². The molecule has 0 aliphatic rings. The summed E-state index contributed by atoms with van der Waals surface area (Å²) in [5, 5.41) is 63.1. The third kappa shape index (κ3) is 49.5. The summed E-state index contributed by atoms with van der Waals surface area (Å²) in [5.74, 6) is -4.74. The van der Waals surface area contributed by atoms with Crippen molar-refractivity contribution >= 4 is 23.9 Å². The molecule has 0 rings (SSSR count). The van der Waals surface area contributed by atoms with E-state index in [4.69, 9.17) is 40.9 Å². The number of hydrogen-bond donors (Lipinski definition) is 9. The molecule has 11 N–H and O–H groups in total. The second-order valence-corrected chi connectivity index (χ2v) is 4.06. The van der Waals surface area contributed by atoms with Crippen molar-refractivity contribution in [2.24, 2.45) is 0 Å². The average molecular weight is 469 g/mol. The van der Waals surface area contributed by atoms with Gasteiger partial charge in [0.05, 0.1) is 0 Å². The van der Waals surface area contributed by atoms with Crippen LogP contribution in [0, 0.1) is 0 Å². The van der Waals surface area contributed by atoms with Crippen LogP contribution in [0.25, 0.3) is 0 Å². The Balaban J connectivity index is -0.0000000500. The molecule has 0 spiro atoms. The maximum absolute atomic E-state index is 9.45. The standard InChI is InChI=1S/4C3H6O3.H3N.Zr/c4*1-2(4)3(5)6;;/h4*2,4H,1H3,(H,5,6);1H3;. The van der Waals surface area contributed by atoms with Gasteiger partial charge in [0.2, 0.25) is 0 Å². The van der Waals surface area contributed by atoms with Gasteiger partial charge in [0.1, 0.15) is 24.4 Å². The summed E-state index contributed by atoms with van der Waals surface area (Å²) in [6.45, 7) is 4.79. The minimum Gasteiger partial charge on any atom is -0.479 e. The van der Waals surface area contributed by atoms with E-state index in [2.05, 4.69) is 0 Å². The van der Waals surface area contributed by atoms with Crippen molar-refractivity contribution in [2.45, 2.75) is 52.1 Å². The van der Waals surface area contributed by atoms with Crippen LogP contribution in [0.5, 0.6) is 0 Å². The third-order valence-electron chi connectivity index (χ3n) is 1.43. The van der Waals surface area contributed by atoms with Crippen LogP contribution in [0.2, 0.25) is 0 Å². The predicted octanol–water partition coefficient (Wildman–Crippen LogP) is -2.03. The molecule has 0 aromatic rings. The summed E-state index contributed by atoms with van der Waals surface area (Å²) >= 11 is 0. The first-order valence-electron chi connectivity index (χ1n) is 6.21. The number of rotatable bonds is 4. The summed E-state index contributed by atoms with van der Waals surface area (Å²) in [4.78, 5) is 37.8. The molecule has 14 heteroatoms. The van der Waals surface area contributed by atoms with Crippen LogP contribution in [0.15, 0.2) is 0 Å². The molecule has 0 fully saturated rings. The van der Waals surface area contributed by atoms with Crippen LogP contribution in [0.1, 0.15) is 27.7 Å². The van der Waals surface area contributed by atoms with Crippen LogP contribution >= 0.6 is 0 Å². The molecule has 0 saturated heterocycles. The SMILES string of the molecule is CC(O)C(=O)O.CC(O)C(=O)O.CC(O)C(=O)O.CC(O)C(=O)O.N.[Zr]. The van der Waals surface area contributed by atoms with Gasteiger partial charge in [0, 0.05) is 26.2 Å². The molecule has 0 bridgehead atoms. The van der Waals surface area contributed by atoms with E-state index in [1.807, 2.05) is 0 Å². The van der Waals surface area contributed by atoms with E-state index in [-0.39, 0.29) is 32.4 Å². The van der Waals surface area contributed by atoms with E-state index in [9.17, 15) is 19.2 Å². The zero-order valence-electron chi connectivity index (χ0n) is 14.7. The van der Waals surface area contributed by atoms with Gasteiger partial charge < -0.3 is 47.0 Å². The van der Waals surface area contributed by atoms with Crippen molar-refractivity contribution in [3.05, 3.63) is 0 Å². The van der Waals surface area contributed by atoms with Crippen LogP contribution in [-0.4, -0.2) is 89.1 Å². The topological polar surface area (TPSA) is 265 Å². The fraction of sp³-hybridized carbons (Fsp3) is 0.667. The molecule has 0 saturated carbocycles. The molecule has 4 unspecified atom stereocenters. The molecule has 0 aliphatic carbocycles. The van der Waals surface area contributed by atoms with Crippen molar-refractivity contribution < 1.29 is 86.2 Å². The van der Waals surface area contributed by atoms with E-state index in [0.29, 0.717) is 0 Å². The first kappa shape index (κ1) is 39.6. The van der Waals surface area contributed by atoms with E-state index in [1.54, 1.807) is 0 Å². The van der Waals surface area contributed by atoms with Gasteiger partial charge in [-0.3, -0.25) is 0 Å². The van der Waals surface area contributed by atoms with Gasteiger partial charge in [-0.1, -0.05) is 0 Å². The van der Waals surface area contributed by atoms with Crippen molar-refractivity contribution in [1.82, 2.24) is 6.15 Å². The quantitative estimate of drug-likeness (QED) is 0.215. The van der Waals surface area contributed by atoms with Crippen molar-refractivity contribution in [1.29, 1.82) is 0 Å². The second-order valence-electron chi connectivity index (χ2n) is 4.06. The van der Waals surface area contributed by atoms with Gasteiger partial charge >= 0.3 is 23.9 Å². The Bertz CT molecular complexity index is 312. The number of aliphatic hydroxyl groups is 4. The third-order valence-corrected chi connectivity index (χ3v) is 1.43. The largest absolute Gasteiger partial charge is 0.479 e. The van der Waals surface area contributed by atoms with Gasteiger partial charge in [-0.2, -0.15) is 0 Å². The second kappa shape index (κ2) is 23.6. The number of carboxylic acid groups (broad SMARTS) is 4. The van der Waals surface area contributed by atoms with Gasteiger partial charge in [-0.15, -0.1) is 0 Å². The van der Waals surface area contributed by atoms with Gasteiger partial charge in [0.15, 0.2) is 0 Å². The monoisotopic (exact) mass is 467 g/mol. The summed E-state index contributed by atoms with van der Waals surface area (Å²) in [6, 6.07) is 0. The Morgan fingerprint density at radius 3 is 0.538 bits per heavy atom. The minimum absolute atomic E-state index is 0. The molecular formula is C12H27NO12Zr. The molecule has 0 aromatic carbocycles. The molecule has 4 atom stereocenters. The molecule has 0 amide bonds. The summed E-state index contributed by atoms with van der Waals surface area (Å²) < 4.78 is 0. The van der Waals surface area contributed by atoms with Crippen LogP contribution in [-0.2, 0) is 45.4 Å². The van der Waals surface area contributed by atoms with Gasteiger partial charge in [0.25, 0.3) is 0 Å². The number of hydrogen-bond acceptors (Lipinski definition) is 9. The predicted molar refractivity (Wildman–Crippen MR) is 82.3 cm³/mol. The van der Waals surface area contributed by atoms with Crippen LogP contribution in [0.3, 0.4) is 0 Å². The Hall–Kier alpha value is -1.44. The Kier molecular flexibility index (Phi) is 35.9. The van der Waals surface area contributed by atoms with E-state index >= 15 is 0 Å². The molecule has 0 aliphatic heterocycles. The zero-order chi connectivity index (χ0) is 20.6. The first-order chi connectivity index (χ1) is 10.6. The van der Waals surface area contributed by atoms with Crippen LogP contribution in [0.4, 0.5) is 0 Å². The number of carboxylic acids is 4. The molecule has 0 radical (unpaired) electrons. The summed E-state index contributed by atoms with van der Waals surface area (Å²) in [6.07, 6.45) is -4.93. The fourth-order valence-electron chi connectivity index (χ4n) is 0. The summed E-state index contributed by atoms with van der Waals surface area (Å²) in [7, 11) is 0. The number of aliphatic hydroxyl groups excluding tert-OH is 4. The van der Waals surface area contributed by atoms with E-state index in [1.165, 1.54) is 27.7 Å². The zero-order valence-corrected chi connectivity index (χ0v) is 17.2. The molecular weight excluding hydrogens is 441 g/mol. The van der Waals surface area contributed by atoms with Crippen molar-refractivity contribution in [3.8, 4) is 0 Å². The van der Waals surface area contributed by atoms with Crippen LogP contribution < -0.4 is 6.15 Å². The smallest absolute Gasteiger partial charge is 0.332 e. The Labute approximate surface area is 168 Å². The Morgan fingerprint density at radius 2 is 0.538 bits per heavy atom. The maximum Gasteiger partial charge on any atom is 0.332 e. The maximum atomic E-state index is 9.45. The molecule has 156 valence electrons. The molecule has 0 aromatic heterocycles. The van der Waals surface area contributed by atoms with Gasteiger partial charge in [-0.25, -0.2) is 19.2 Å². The minimum atomic E-state index is -1.23.